The van der Waals surface area contributed by atoms with E-state index in [4.69, 9.17) is 4.74 Å². The van der Waals surface area contributed by atoms with E-state index in [0.29, 0.717) is 5.75 Å². The van der Waals surface area contributed by atoms with E-state index < -0.39 is 4.92 Å². The molecule has 0 aromatic heterocycles. The van der Waals surface area contributed by atoms with E-state index in [0.717, 1.165) is 0 Å². The molecule has 1 rings (SSSR count). The first-order chi connectivity index (χ1) is 6.09. The van der Waals surface area contributed by atoms with Gasteiger partial charge in [0.05, 0.1) is 4.92 Å². The highest BCUT2D eigenvalue weighted by Gasteiger charge is 2.05. The molecular weight excluding hydrogens is 238 g/mol. The minimum absolute atomic E-state index is 0.0644. The second-order valence-electron chi connectivity index (χ2n) is 2.41. The van der Waals surface area contributed by atoms with Crippen molar-refractivity contribution in [1.29, 1.82) is 0 Å². The Morgan fingerprint density at radius 2 is 2.00 bits per heavy atom. The largest absolute Gasteiger partial charge is 0.480 e. The van der Waals surface area contributed by atoms with Gasteiger partial charge in [0.2, 0.25) is 0 Å². The number of hydrogen-bond acceptors (Lipinski definition) is 3. The fourth-order valence-corrected chi connectivity index (χ4v) is 1.05. The number of non-ortho nitro benzene ring substituents is 1. The minimum atomic E-state index is -0.443. The minimum Gasteiger partial charge on any atom is -0.480 e. The quantitative estimate of drug-likeness (QED) is 0.468. The van der Waals surface area contributed by atoms with Crippen molar-refractivity contribution in [2.75, 3.05) is 0 Å². The molecule has 0 spiro atoms. The van der Waals surface area contributed by atoms with Gasteiger partial charge in [0.15, 0.2) is 5.01 Å². The maximum Gasteiger partial charge on any atom is 0.269 e. The molecule has 13 heavy (non-hydrogen) atoms. The summed E-state index contributed by atoms with van der Waals surface area (Å²) in [5.74, 6) is 0.606. The molecule has 0 fully saturated rings. The molecule has 1 aromatic carbocycles. The fraction of sp³-hybridized carbons (Fsp3) is 0.250. The number of nitro benzene ring substituents is 1. The average molecular weight is 246 g/mol. The first-order valence-corrected chi connectivity index (χ1v) is 4.56. The summed E-state index contributed by atoms with van der Waals surface area (Å²) in [5.41, 5.74) is 0.0644. The molecule has 0 aliphatic rings. The van der Waals surface area contributed by atoms with Crippen molar-refractivity contribution in [1.82, 2.24) is 0 Å². The van der Waals surface area contributed by atoms with Gasteiger partial charge in [-0.15, -0.1) is 0 Å². The third-order valence-corrected chi connectivity index (χ3v) is 1.53. The number of ether oxygens (including phenoxy) is 1. The number of alkyl halides is 1. The summed E-state index contributed by atoms with van der Waals surface area (Å²) in [6.07, 6.45) is 0. The van der Waals surface area contributed by atoms with Crippen LogP contribution >= 0.6 is 15.9 Å². The molecule has 0 heterocycles. The van der Waals surface area contributed by atoms with Gasteiger partial charge in [0.1, 0.15) is 5.75 Å². The third-order valence-electron chi connectivity index (χ3n) is 1.35. The van der Waals surface area contributed by atoms with Crippen molar-refractivity contribution in [3.05, 3.63) is 34.4 Å². The Labute approximate surface area is 83.8 Å². The van der Waals surface area contributed by atoms with Crippen molar-refractivity contribution >= 4 is 21.6 Å². The van der Waals surface area contributed by atoms with Crippen LogP contribution in [0.15, 0.2) is 24.3 Å². The van der Waals surface area contributed by atoms with Gasteiger partial charge in [-0.3, -0.25) is 10.1 Å². The number of halogens is 1. The summed E-state index contributed by atoms with van der Waals surface area (Å²) in [6, 6.07) is 5.95. The summed E-state index contributed by atoms with van der Waals surface area (Å²) < 4.78 is 5.24. The predicted molar refractivity (Wildman–Crippen MR) is 52.1 cm³/mol. The lowest BCUT2D eigenvalue weighted by Gasteiger charge is -2.06. The Morgan fingerprint density at radius 1 is 1.46 bits per heavy atom. The van der Waals surface area contributed by atoms with Gasteiger partial charge in [0, 0.05) is 12.1 Å². The van der Waals surface area contributed by atoms with Crippen LogP contribution in [0.2, 0.25) is 0 Å². The van der Waals surface area contributed by atoms with Gasteiger partial charge >= 0.3 is 0 Å². The highest BCUT2D eigenvalue weighted by atomic mass is 79.9. The first-order valence-electron chi connectivity index (χ1n) is 3.65. The molecule has 0 amide bonds. The lowest BCUT2D eigenvalue weighted by atomic mass is 10.3. The topological polar surface area (TPSA) is 52.4 Å². The van der Waals surface area contributed by atoms with Crippen LogP contribution in [0, 0.1) is 10.1 Å². The maximum absolute atomic E-state index is 10.3. The zero-order valence-corrected chi connectivity index (χ0v) is 8.52. The Kier molecular flexibility index (Phi) is 3.25. The summed E-state index contributed by atoms with van der Waals surface area (Å²) in [4.78, 5) is 9.85. The summed E-state index contributed by atoms with van der Waals surface area (Å²) >= 11 is 3.20. The molecule has 1 aromatic rings. The Balaban J connectivity index is 2.75. The van der Waals surface area contributed by atoms with Crippen molar-refractivity contribution in [2.24, 2.45) is 0 Å². The molecule has 0 bridgehead atoms. The molecule has 70 valence electrons. The zero-order valence-electron chi connectivity index (χ0n) is 6.94. The number of nitrogens with zero attached hydrogens (tertiary/aromatic N) is 1. The van der Waals surface area contributed by atoms with Gasteiger partial charge in [-0.05, 0) is 35.0 Å². The second-order valence-corrected chi connectivity index (χ2v) is 3.70. The lowest BCUT2D eigenvalue weighted by molar-refractivity contribution is -0.384. The molecule has 0 saturated carbocycles. The Bertz CT molecular complexity index is 297. The van der Waals surface area contributed by atoms with Crippen LogP contribution in [0.3, 0.4) is 0 Å². The summed E-state index contributed by atoms with van der Waals surface area (Å²) in [5, 5.41) is 10.2. The van der Waals surface area contributed by atoms with Crippen LogP contribution in [0.25, 0.3) is 0 Å². The van der Waals surface area contributed by atoms with E-state index in [2.05, 4.69) is 15.9 Å². The Morgan fingerprint density at radius 3 is 2.38 bits per heavy atom. The lowest BCUT2D eigenvalue weighted by Crippen LogP contribution is -2.01. The van der Waals surface area contributed by atoms with Crippen molar-refractivity contribution < 1.29 is 9.66 Å². The molecule has 0 aliphatic heterocycles. The summed E-state index contributed by atoms with van der Waals surface area (Å²) in [7, 11) is 0. The number of nitro groups is 1. The molecule has 0 aliphatic carbocycles. The van der Waals surface area contributed by atoms with Gasteiger partial charge < -0.3 is 4.74 Å². The van der Waals surface area contributed by atoms with E-state index in [1.54, 1.807) is 12.1 Å². The SMILES string of the molecule is CC(Br)Oc1ccc([N+](=O)[O-])cc1. The van der Waals surface area contributed by atoms with Crippen LogP contribution in [0.4, 0.5) is 5.69 Å². The third kappa shape index (κ3) is 3.02. The maximum atomic E-state index is 10.3. The second kappa shape index (κ2) is 4.23. The van der Waals surface area contributed by atoms with Crippen molar-refractivity contribution in [2.45, 2.75) is 11.9 Å². The highest BCUT2D eigenvalue weighted by molar-refractivity contribution is 9.09. The number of rotatable bonds is 3. The molecule has 0 radical (unpaired) electrons. The molecule has 0 N–H and O–H groups in total. The molecule has 4 nitrogen and oxygen atoms in total. The standard InChI is InChI=1S/C8H8BrNO3/c1-6(9)13-8-4-2-7(3-5-8)10(11)12/h2-6H,1H3. The molecule has 1 unspecified atom stereocenters. The zero-order chi connectivity index (χ0) is 9.84. The highest BCUT2D eigenvalue weighted by Crippen LogP contribution is 2.19. The van der Waals surface area contributed by atoms with Crippen LogP contribution in [0.1, 0.15) is 6.92 Å². The van der Waals surface area contributed by atoms with E-state index >= 15 is 0 Å². The van der Waals surface area contributed by atoms with Crippen LogP contribution < -0.4 is 4.74 Å². The first kappa shape index (κ1) is 9.98. The average Bonchev–Trinajstić information content (AvgIpc) is 2.04. The molecule has 5 heteroatoms. The van der Waals surface area contributed by atoms with Crippen LogP contribution in [-0.4, -0.2) is 9.94 Å². The van der Waals surface area contributed by atoms with Gasteiger partial charge in [0.25, 0.3) is 5.69 Å². The van der Waals surface area contributed by atoms with E-state index in [-0.39, 0.29) is 10.7 Å². The normalized spacial score (nSPS) is 12.2. The molecule has 1 atom stereocenters. The van der Waals surface area contributed by atoms with Gasteiger partial charge in [-0.1, -0.05) is 0 Å². The van der Waals surface area contributed by atoms with Crippen molar-refractivity contribution in [3.63, 3.8) is 0 Å². The van der Waals surface area contributed by atoms with Crippen LogP contribution in [-0.2, 0) is 0 Å². The monoisotopic (exact) mass is 245 g/mol. The number of hydrogen-bond donors (Lipinski definition) is 0. The van der Waals surface area contributed by atoms with Crippen LogP contribution in [0.5, 0.6) is 5.75 Å². The van der Waals surface area contributed by atoms with E-state index in [1.165, 1.54) is 12.1 Å². The predicted octanol–water partition coefficient (Wildman–Crippen LogP) is 2.71. The van der Waals surface area contributed by atoms with Gasteiger partial charge in [-0.2, -0.15) is 0 Å². The van der Waals surface area contributed by atoms with E-state index in [1.807, 2.05) is 6.92 Å². The number of benzene rings is 1. The molecular formula is C8H8BrNO3. The Hall–Kier alpha value is -1.10. The fourth-order valence-electron chi connectivity index (χ4n) is 0.834. The van der Waals surface area contributed by atoms with E-state index in [9.17, 15) is 10.1 Å². The summed E-state index contributed by atoms with van der Waals surface area (Å²) in [6.45, 7) is 1.82. The molecule has 0 saturated heterocycles. The van der Waals surface area contributed by atoms with Gasteiger partial charge in [-0.25, -0.2) is 0 Å². The van der Waals surface area contributed by atoms with Crippen molar-refractivity contribution in [3.8, 4) is 5.75 Å². The smallest absolute Gasteiger partial charge is 0.269 e.